The minimum atomic E-state index is 0.227. The number of para-hydroxylation sites is 1. The Labute approximate surface area is 100 Å². The van der Waals surface area contributed by atoms with Gasteiger partial charge >= 0.3 is 0 Å². The van der Waals surface area contributed by atoms with Gasteiger partial charge in [0.2, 0.25) is 5.95 Å². The van der Waals surface area contributed by atoms with E-state index in [1.165, 1.54) is 12.8 Å². The number of anilines is 1. The zero-order chi connectivity index (χ0) is 11.7. The highest BCUT2D eigenvalue weighted by molar-refractivity contribution is 5.78. The highest BCUT2D eigenvalue weighted by Gasteiger charge is 2.28. The van der Waals surface area contributed by atoms with Gasteiger partial charge in [0.25, 0.3) is 0 Å². The fraction of sp³-hybridized carbons (Fsp3) is 0.385. The van der Waals surface area contributed by atoms with Gasteiger partial charge in [0.15, 0.2) is 0 Å². The summed E-state index contributed by atoms with van der Waals surface area (Å²) in [6, 6.07) is 8.19. The lowest BCUT2D eigenvalue weighted by Gasteiger charge is -2.11. The largest absolute Gasteiger partial charge is 0.353 e. The first-order chi connectivity index (χ1) is 8.33. The van der Waals surface area contributed by atoms with Gasteiger partial charge in [-0.1, -0.05) is 18.2 Å². The van der Waals surface area contributed by atoms with E-state index in [-0.39, 0.29) is 6.04 Å². The number of rotatable bonds is 4. The van der Waals surface area contributed by atoms with Gasteiger partial charge in [0.05, 0.1) is 5.52 Å². The van der Waals surface area contributed by atoms with Crippen molar-refractivity contribution in [2.45, 2.75) is 18.9 Å². The molecule has 1 atom stereocenters. The third-order valence-corrected chi connectivity index (χ3v) is 3.21. The Morgan fingerprint density at radius 2 is 2.18 bits per heavy atom. The van der Waals surface area contributed by atoms with Crippen LogP contribution in [0, 0.1) is 5.92 Å². The third kappa shape index (κ3) is 2.36. The second-order valence-electron chi connectivity index (χ2n) is 4.63. The van der Waals surface area contributed by atoms with Crippen molar-refractivity contribution in [1.29, 1.82) is 0 Å². The van der Waals surface area contributed by atoms with Crippen LogP contribution >= 0.6 is 0 Å². The second-order valence-corrected chi connectivity index (χ2v) is 4.63. The molecule has 1 aliphatic carbocycles. The van der Waals surface area contributed by atoms with Crippen molar-refractivity contribution in [2.75, 3.05) is 11.9 Å². The molecule has 4 heteroatoms. The van der Waals surface area contributed by atoms with Gasteiger partial charge in [0, 0.05) is 24.2 Å². The Balaban J connectivity index is 1.71. The predicted molar refractivity (Wildman–Crippen MR) is 68.7 cm³/mol. The number of aromatic nitrogens is 2. The molecule has 0 aliphatic heterocycles. The Morgan fingerprint density at radius 3 is 3.00 bits per heavy atom. The first-order valence-electron chi connectivity index (χ1n) is 6.04. The standard InChI is InChI=1S/C13H16N4/c14-11(9-5-6-9)8-16-13-15-7-10-3-1-2-4-12(10)17-13/h1-4,7,9,11H,5-6,8,14H2,(H,15,16,17). The number of nitrogens with one attached hydrogen (secondary N) is 1. The highest BCUT2D eigenvalue weighted by Crippen LogP contribution is 2.31. The average molecular weight is 228 g/mol. The lowest BCUT2D eigenvalue weighted by atomic mass is 10.2. The highest BCUT2D eigenvalue weighted by atomic mass is 15.1. The maximum Gasteiger partial charge on any atom is 0.223 e. The number of benzene rings is 1. The molecule has 2 aromatic rings. The van der Waals surface area contributed by atoms with Crippen molar-refractivity contribution in [2.24, 2.45) is 11.7 Å². The van der Waals surface area contributed by atoms with E-state index in [4.69, 9.17) is 5.73 Å². The van der Waals surface area contributed by atoms with Crippen molar-refractivity contribution in [3.05, 3.63) is 30.5 Å². The molecule has 88 valence electrons. The molecule has 1 heterocycles. The van der Waals surface area contributed by atoms with E-state index in [0.717, 1.165) is 17.4 Å². The van der Waals surface area contributed by atoms with Gasteiger partial charge in [-0.15, -0.1) is 0 Å². The quantitative estimate of drug-likeness (QED) is 0.837. The van der Waals surface area contributed by atoms with Crippen LogP contribution in [0.3, 0.4) is 0 Å². The molecule has 1 saturated carbocycles. The van der Waals surface area contributed by atoms with Crippen molar-refractivity contribution in [3.63, 3.8) is 0 Å². The predicted octanol–water partition coefficient (Wildman–Crippen LogP) is 1.78. The Hall–Kier alpha value is -1.68. The zero-order valence-corrected chi connectivity index (χ0v) is 9.63. The normalized spacial score (nSPS) is 17.0. The van der Waals surface area contributed by atoms with Crippen LogP contribution < -0.4 is 11.1 Å². The number of hydrogen-bond donors (Lipinski definition) is 2. The molecule has 17 heavy (non-hydrogen) atoms. The average Bonchev–Trinajstić information content (AvgIpc) is 3.20. The molecule has 0 spiro atoms. The van der Waals surface area contributed by atoms with E-state index in [1.807, 2.05) is 30.5 Å². The minimum absolute atomic E-state index is 0.227. The first kappa shape index (κ1) is 10.5. The van der Waals surface area contributed by atoms with E-state index in [1.54, 1.807) is 0 Å². The molecular weight excluding hydrogens is 212 g/mol. The zero-order valence-electron chi connectivity index (χ0n) is 9.63. The molecule has 4 nitrogen and oxygen atoms in total. The molecule has 0 bridgehead atoms. The molecule has 0 amide bonds. The SMILES string of the molecule is NC(CNc1ncc2ccccc2n1)C1CC1. The molecule has 3 N–H and O–H groups in total. The van der Waals surface area contributed by atoms with E-state index in [0.29, 0.717) is 11.9 Å². The van der Waals surface area contributed by atoms with Crippen LogP contribution in [0.25, 0.3) is 10.9 Å². The molecule has 1 aromatic heterocycles. The summed E-state index contributed by atoms with van der Waals surface area (Å²) < 4.78 is 0. The molecule has 1 aromatic carbocycles. The number of hydrogen-bond acceptors (Lipinski definition) is 4. The minimum Gasteiger partial charge on any atom is -0.353 e. The topological polar surface area (TPSA) is 63.8 Å². The van der Waals surface area contributed by atoms with Crippen LogP contribution in [0.5, 0.6) is 0 Å². The summed E-state index contributed by atoms with van der Waals surface area (Å²) >= 11 is 0. The van der Waals surface area contributed by atoms with Crippen LogP contribution in [0.15, 0.2) is 30.5 Å². The van der Waals surface area contributed by atoms with E-state index in [2.05, 4.69) is 15.3 Å². The van der Waals surface area contributed by atoms with Crippen LogP contribution in [0.4, 0.5) is 5.95 Å². The fourth-order valence-corrected chi connectivity index (χ4v) is 1.96. The summed E-state index contributed by atoms with van der Waals surface area (Å²) in [6.45, 7) is 0.753. The van der Waals surface area contributed by atoms with E-state index < -0.39 is 0 Å². The van der Waals surface area contributed by atoms with E-state index in [9.17, 15) is 0 Å². The van der Waals surface area contributed by atoms with Gasteiger partial charge in [-0.25, -0.2) is 9.97 Å². The summed E-state index contributed by atoms with van der Waals surface area (Å²) in [5.41, 5.74) is 6.98. The van der Waals surface area contributed by atoms with Crippen molar-refractivity contribution >= 4 is 16.9 Å². The van der Waals surface area contributed by atoms with E-state index >= 15 is 0 Å². The van der Waals surface area contributed by atoms with Crippen LogP contribution in [0.1, 0.15) is 12.8 Å². The lowest BCUT2D eigenvalue weighted by Crippen LogP contribution is -2.31. The Bertz CT molecular complexity index is 522. The summed E-state index contributed by atoms with van der Waals surface area (Å²) in [6.07, 6.45) is 4.37. The molecule has 3 rings (SSSR count). The van der Waals surface area contributed by atoms with Gasteiger partial charge in [-0.2, -0.15) is 0 Å². The van der Waals surface area contributed by atoms with Crippen LogP contribution in [0.2, 0.25) is 0 Å². The van der Waals surface area contributed by atoms with Gasteiger partial charge < -0.3 is 11.1 Å². The van der Waals surface area contributed by atoms with Crippen molar-refractivity contribution in [3.8, 4) is 0 Å². The molecule has 0 saturated heterocycles. The van der Waals surface area contributed by atoms with Gasteiger partial charge in [0.1, 0.15) is 0 Å². The molecular formula is C13H16N4. The van der Waals surface area contributed by atoms with Crippen molar-refractivity contribution in [1.82, 2.24) is 9.97 Å². The van der Waals surface area contributed by atoms with Gasteiger partial charge in [-0.3, -0.25) is 0 Å². The maximum absolute atomic E-state index is 6.02. The van der Waals surface area contributed by atoms with Gasteiger partial charge in [-0.05, 0) is 24.8 Å². The monoisotopic (exact) mass is 228 g/mol. The second kappa shape index (κ2) is 4.30. The molecule has 0 radical (unpaired) electrons. The van der Waals surface area contributed by atoms with Crippen LogP contribution in [-0.2, 0) is 0 Å². The third-order valence-electron chi connectivity index (χ3n) is 3.21. The number of fused-ring (bicyclic) bond motifs is 1. The summed E-state index contributed by atoms with van der Waals surface area (Å²) in [5.74, 6) is 1.36. The number of nitrogens with two attached hydrogens (primary N) is 1. The summed E-state index contributed by atoms with van der Waals surface area (Å²) in [4.78, 5) is 8.73. The Kier molecular flexibility index (Phi) is 2.65. The molecule has 1 aliphatic rings. The molecule has 1 unspecified atom stereocenters. The molecule has 1 fully saturated rings. The lowest BCUT2D eigenvalue weighted by molar-refractivity contribution is 0.619. The van der Waals surface area contributed by atoms with Crippen molar-refractivity contribution < 1.29 is 0 Å². The summed E-state index contributed by atoms with van der Waals surface area (Å²) in [7, 11) is 0. The maximum atomic E-state index is 6.02. The summed E-state index contributed by atoms with van der Waals surface area (Å²) in [5, 5.41) is 4.27. The first-order valence-corrected chi connectivity index (χ1v) is 6.04. The van der Waals surface area contributed by atoms with Crippen LogP contribution in [-0.4, -0.2) is 22.6 Å². The Morgan fingerprint density at radius 1 is 1.35 bits per heavy atom. The fourth-order valence-electron chi connectivity index (χ4n) is 1.96. The number of nitrogens with zero attached hydrogens (tertiary/aromatic N) is 2. The smallest absolute Gasteiger partial charge is 0.223 e.